The second kappa shape index (κ2) is 9.34. The zero-order valence-corrected chi connectivity index (χ0v) is 19.8. The van der Waals surface area contributed by atoms with E-state index in [4.69, 9.17) is 25.8 Å². The standard InChI is InChI=1S/C25H23ClN4O5/c1-13-17-11-15(34-21-9-10-27-23-16(21)5-8-22(31)29-23)4-7-20(17)35-24(13)30-25(32)28-19-12-14(33-2)3-6-18(19)26/h3-4,6-7,9-13,24H,5,8H2,1-2H3,(H,27,29,31)(H2,28,30,32)/t13-,24+/m0/s1. The van der Waals surface area contributed by atoms with Gasteiger partial charge in [-0.15, -0.1) is 0 Å². The lowest BCUT2D eigenvalue weighted by Gasteiger charge is -2.19. The predicted octanol–water partition coefficient (Wildman–Crippen LogP) is 5.06. The van der Waals surface area contributed by atoms with Gasteiger partial charge < -0.3 is 30.2 Å². The maximum Gasteiger partial charge on any atom is 0.322 e. The monoisotopic (exact) mass is 494 g/mol. The van der Waals surface area contributed by atoms with E-state index in [9.17, 15) is 9.59 Å². The van der Waals surface area contributed by atoms with E-state index in [1.807, 2.05) is 19.1 Å². The largest absolute Gasteiger partial charge is 0.497 e. The molecule has 180 valence electrons. The van der Waals surface area contributed by atoms with E-state index in [2.05, 4.69) is 20.9 Å². The van der Waals surface area contributed by atoms with Gasteiger partial charge in [0.2, 0.25) is 5.91 Å². The molecule has 0 spiro atoms. The number of carbonyl (C=O) groups excluding carboxylic acids is 2. The fourth-order valence-electron chi connectivity index (χ4n) is 4.10. The number of halogens is 1. The molecule has 0 saturated carbocycles. The molecule has 0 aliphatic carbocycles. The summed E-state index contributed by atoms with van der Waals surface area (Å²) >= 11 is 6.18. The van der Waals surface area contributed by atoms with Gasteiger partial charge in [0.15, 0.2) is 6.23 Å². The van der Waals surface area contributed by atoms with Crippen molar-refractivity contribution in [1.29, 1.82) is 0 Å². The molecule has 2 aliphatic rings. The van der Waals surface area contributed by atoms with Crippen molar-refractivity contribution in [3.63, 3.8) is 0 Å². The molecule has 0 fully saturated rings. The molecule has 2 aliphatic heterocycles. The highest BCUT2D eigenvalue weighted by Gasteiger charge is 2.33. The molecule has 1 aromatic heterocycles. The summed E-state index contributed by atoms with van der Waals surface area (Å²) in [6.45, 7) is 1.96. The van der Waals surface area contributed by atoms with Crippen LogP contribution in [0.15, 0.2) is 48.7 Å². The van der Waals surface area contributed by atoms with Gasteiger partial charge in [0, 0.05) is 35.7 Å². The van der Waals surface area contributed by atoms with E-state index in [0.717, 1.165) is 11.1 Å². The fourth-order valence-corrected chi connectivity index (χ4v) is 4.27. The SMILES string of the molecule is COc1ccc(Cl)c(NC(=O)N[C@@H]2Oc3ccc(Oc4ccnc5c4CCC(=O)N5)cc3[C@@H]2C)c1. The zero-order chi connectivity index (χ0) is 24.5. The van der Waals surface area contributed by atoms with Crippen LogP contribution in [0.1, 0.15) is 30.4 Å². The summed E-state index contributed by atoms with van der Waals surface area (Å²) in [5.74, 6) is 2.85. The predicted molar refractivity (Wildman–Crippen MR) is 131 cm³/mol. The molecule has 0 bridgehead atoms. The number of rotatable bonds is 5. The van der Waals surface area contributed by atoms with Gasteiger partial charge in [-0.3, -0.25) is 4.79 Å². The summed E-state index contributed by atoms with van der Waals surface area (Å²) in [5, 5.41) is 8.74. The van der Waals surface area contributed by atoms with Crippen molar-refractivity contribution >= 4 is 35.0 Å². The average molecular weight is 495 g/mol. The fraction of sp³-hybridized carbons (Fsp3) is 0.240. The summed E-state index contributed by atoms with van der Waals surface area (Å²) in [6.07, 6.45) is 1.98. The number of aromatic nitrogens is 1. The molecule has 0 saturated heterocycles. The van der Waals surface area contributed by atoms with E-state index in [1.165, 1.54) is 7.11 Å². The molecule has 2 aromatic carbocycles. The van der Waals surface area contributed by atoms with Gasteiger partial charge in [-0.05, 0) is 42.8 Å². The first-order chi connectivity index (χ1) is 16.9. The molecule has 35 heavy (non-hydrogen) atoms. The molecule has 10 heteroatoms. The van der Waals surface area contributed by atoms with Crippen LogP contribution in [0, 0.1) is 0 Å². The van der Waals surface area contributed by atoms with Crippen molar-refractivity contribution in [2.24, 2.45) is 0 Å². The number of nitrogens with zero attached hydrogens (tertiary/aromatic N) is 1. The van der Waals surface area contributed by atoms with E-state index in [-0.39, 0.29) is 11.8 Å². The maximum atomic E-state index is 12.6. The lowest BCUT2D eigenvalue weighted by Crippen LogP contribution is -2.42. The molecule has 3 amide bonds. The van der Waals surface area contributed by atoms with Crippen molar-refractivity contribution in [2.45, 2.75) is 31.9 Å². The third-order valence-electron chi connectivity index (χ3n) is 5.98. The van der Waals surface area contributed by atoms with Crippen LogP contribution in [0.25, 0.3) is 0 Å². The zero-order valence-electron chi connectivity index (χ0n) is 19.1. The highest BCUT2D eigenvalue weighted by molar-refractivity contribution is 6.33. The Kier molecular flexibility index (Phi) is 6.08. The lowest BCUT2D eigenvalue weighted by atomic mass is 10.0. The van der Waals surface area contributed by atoms with Crippen LogP contribution in [0.5, 0.6) is 23.0 Å². The average Bonchev–Trinajstić information content (AvgIpc) is 3.15. The minimum Gasteiger partial charge on any atom is -0.497 e. The quantitative estimate of drug-likeness (QED) is 0.457. The first-order valence-corrected chi connectivity index (χ1v) is 11.5. The Bertz CT molecular complexity index is 1320. The molecule has 2 atom stereocenters. The number of anilines is 2. The van der Waals surface area contributed by atoms with Crippen molar-refractivity contribution in [3.05, 3.63) is 64.8 Å². The molecular weight excluding hydrogens is 472 g/mol. The highest BCUT2D eigenvalue weighted by Crippen LogP contribution is 2.41. The number of nitrogens with one attached hydrogen (secondary N) is 3. The van der Waals surface area contributed by atoms with Crippen molar-refractivity contribution in [3.8, 4) is 23.0 Å². The molecule has 0 unspecified atom stereocenters. The molecule has 3 N–H and O–H groups in total. The number of hydrogen-bond acceptors (Lipinski definition) is 6. The Morgan fingerprint density at radius 3 is 2.83 bits per heavy atom. The number of pyridine rings is 1. The smallest absolute Gasteiger partial charge is 0.322 e. The summed E-state index contributed by atoms with van der Waals surface area (Å²) in [5.41, 5.74) is 2.20. The van der Waals surface area contributed by atoms with Crippen LogP contribution in [-0.2, 0) is 11.2 Å². The maximum absolute atomic E-state index is 12.6. The number of urea groups is 1. The van der Waals surface area contributed by atoms with Gasteiger partial charge in [-0.25, -0.2) is 9.78 Å². The highest BCUT2D eigenvalue weighted by atomic mass is 35.5. The van der Waals surface area contributed by atoms with E-state index in [0.29, 0.717) is 52.4 Å². The van der Waals surface area contributed by atoms with Crippen LogP contribution in [0.2, 0.25) is 5.02 Å². The van der Waals surface area contributed by atoms with Gasteiger partial charge >= 0.3 is 6.03 Å². The lowest BCUT2D eigenvalue weighted by molar-refractivity contribution is -0.116. The van der Waals surface area contributed by atoms with E-state index < -0.39 is 12.3 Å². The van der Waals surface area contributed by atoms with Gasteiger partial charge in [0.25, 0.3) is 0 Å². The van der Waals surface area contributed by atoms with Gasteiger partial charge in [-0.2, -0.15) is 0 Å². The number of amides is 3. The van der Waals surface area contributed by atoms with Crippen LogP contribution < -0.4 is 30.2 Å². The Hall–Kier alpha value is -3.98. The number of ether oxygens (including phenoxy) is 3. The Morgan fingerprint density at radius 2 is 2.00 bits per heavy atom. The van der Waals surface area contributed by atoms with E-state index in [1.54, 1.807) is 36.5 Å². The van der Waals surface area contributed by atoms with Gasteiger partial charge in [-0.1, -0.05) is 18.5 Å². The summed E-state index contributed by atoms with van der Waals surface area (Å²) in [6, 6.07) is 11.8. The molecule has 0 radical (unpaired) electrons. The van der Waals surface area contributed by atoms with Crippen LogP contribution >= 0.6 is 11.6 Å². The number of fused-ring (bicyclic) bond motifs is 2. The number of benzene rings is 2. The van der Waals surface area contributed by atoms with E-state index >= 15 is 0 Å². The van der Waals surface area contributed by atoms with Crippen LogP contribution in [0.3, 0.4) is 0 Å². The molecule has 5 rings (SSSR count). The third kappa shape index (κ3) is 4.67. The number of carbonyl (C=O) groups is 2. The summed E-state index contributed by atoms with van der Waals surface area (Å²) in [7, 11) is 1.54. The Balaban J connectivity index is 1.28. The molecule has 9 nitrogen and oxygen atoms in total. The van der Waals surface area contributed by atoms with Crippen LogP contribution in [-0.4, -0.2) is 30.3 Å². The van der Waals surface area contributed by atoms with Crippen molar-refractivity contribution in [1.82, 2.24) is 10.3 Å². The normalized spacial score (nSPS) is 18.0. The van der Waals surface area contributed by atoms with Crippen molar-refractivity contribution < 1.29 is 23.8 Å². The number of methoxy groups -OCH3 is 1. The summed E-state index contributed by atoms with van der Waals surface area (Å²) < 4.78 is 17.3. The number of hydrogen-bond donors (Lipinski definition) is 3. The molecule has 3 heterocycles. The van der Waals surface area contributed by atoms with Gasteiger partial charge in [0.05, 0.1) is 17.8 Å². The first kappa shape index (κ1) is 22.8. The minimum absolute atomic E-state index is 0.0538. The second-order valence-electron chi connectivity index (χ2n) is 8.26. The van der Waals surface area contributed by atoms with Crippen molar-refractivity contribution in [2.75, 3.05) is 17.7 Å². The summed E-state index contributed by atoms with van der Waals surface area (Å²) in [4.78, 5) is 28.5. The Labute approximate surface area is 206 Å². The second-order valence-corrected chi connectivity index (χ2v) is 8.66. The first-order valence-electron chi connectivity index (χ1n) is 11.1. The molecule has 3 aromatic rings. The van der Waals surface area contributed by atoms with Crippen LogP contribution in [0.4, 0.5) is 16.3 Å². The third-order valence-corrected chi connectivity index (χ3v) is 6.31. The Morgan fingerprint density at radius 1 is 1.17 bits per heavy atom. The minimum atomic E-state index is -0.575. The topological polar surface area (TPSA) is 111 Å². The molecular formula is C25H23ClN4O5. The van der Waals surface area contributed by atoms with Gasteiger partial charge in [0.1, 0.15) is 28.8 Å².